The number of thiazole rings is 1. The van der Waals surface area contributed by atoms with Crippen molar-refractivity contribution in [2.75, 3.05) is 6.54 Å². The first-order chi connectivity index (χ1) is 15.9. The summed E-state index contributed by atoms with van der Waals surface area (Å²) in [6, 6.07) is 5.74. The molecule has 1 unspecified atom stereocenters. The number of hydrogen-bond donors (Lipinski definition) is 3. The van der Waals surface area contributed by atoms with Gasteiger partial charge in [-0.1, -0.05) is 58.9 Å². The minimum Gasteiger partial charge on any atom is -0.388 e. The van der Waals surface area contributed by atoms with Crippen molar-refractivity contribution in [2.45, 2.75) is 78.5 Å². The summed E-state index contributed by atoms with van der Waals surface area (Å²) in [6.45, 7) is 11.5. The number of carbonyl (C=O) groups excluding carboxylic acids is 2. The monoisotopic (exact) mass is 490 g/mol. The first-order valence-electron chi connectivity index (χ1n) is 11.6. The van der Waals surface area contributed by atoms with E-state index in [2.05, 4.69) is 15.6 Å². The Morgan fingerprint density at radius 3 is 2.44 bits per heavy atom. The second-order valence-corrected chi connectivity index (χ2v) is 11.1. The minimum absolute atomic E-state index is 0.0193. The maximum Gasteiger partial charge on any atom is 0.246 e. The van der Waals surface area contributed by atoms with Gasteiger partial charge in [0, 0.05) is 12.6 Å². The smallest absolute Gasteiger partial charge is 0.246 e. The lowest BCUT2D eigenvalue weighted by Crippen LogP contribution is -2.58. The van der Waals surface area contributed by atoms with Crippen LogP contribution >= 0.6 is 11.3 Å². The zero-order valence-electron chi connectivity index (χ0n) is 20.6. The zero-order chi connectivity index (χ0) is 25.2. The van der Waals surface area contributed by atoms with Gasteiger partial charge < -0.3 is 20.6 Å². The Hall–Kier alpha value is -2.36. The molecule has 1 aliphatic heterocycles. The maximum absolute atomic E-state index is 14.9. The average molecular weight is 491 g/mol. The van der Waals surface area contributed by atoms with Crippen molar-refractivity contribution in [3.8, 4) is 10.4 Å². The van der Waals surface area contributed by atoms with Crippen molar-refractivity contribution in [3.63, 3.8) is 0 Å². The Morgan fingerprint density at radius 1 is 1.26 bits per heavy atom. The van der Waals surface area contributed by atoms with E-state index in [4.69, 9.17) is 0 Å². The van der Waals surface area contributed by atoms with E-state index in [-0.39, 0.29) is 25.0 Å². The number of alkyl halides is 1. The molecule has 9 heteroatoms. The van der Waals surface area contributed by atoms with E-state index in [0.29, 0.717) is 0 Å². The fourth-order valence-electron chi connectivity index (χ4n) is 4.15. The third-order valence-electron chi connectivity index (χ3n) is 5.98. The van der Waals surface area contributed by atoms with Crippen LogP contribution in [0.2, 0.25) is 0 Å². The lowest BCUT2D eigenvalue weighted by molar-refractivity contribution is -0.143. The highest BCUT2D eigenvalue weighted by Gasteiger charge is 2.50. The van der Waals surface area contributed by atoms with E-state index in [1.807, 2.05) is 65.8 Å². The molecule has 1 saturated heterocycles. The first-order valence-corrected chi connectivity index (χ1v) is 12.4. The molecule has 0 aliphatic carbocycles. The Kier molecular flexibility index (Phi) is 8.10. The Morgan fingerprint density at radius 2 is 1.91 bits per heavy atom. The Bertz CT molecular complexity index is 1000. The van der Waals surface area contributed by atoms with Crippen LogP contribution in [0.3, 0.4) is 0 Å². The number of amides is 2. The van der Waals surface area contributed by atoms with Gasteiger partial charge in [-0.15, -0.1) is 11.3 Å². The predicted molar refractivity (Wildman–Crippen MR) is 132 cm³/mol. The largest absolute Gasteiger partial charge is 0.388 e. The number of carbonyl (C=O) groups is 2. The molecule has 3 rings (SSSR count). The third kappa shape index (κ3) is 5.82. The summed E-state index contributed by atoms with van der Waals surface area (Å²) in [7, 11) is 0. The fraction of sp³-hybridized carbons (Fsp3) is 0.560. The van der Waals surface area contributed by atoms with E-state index in [9.17, 15) is 19.1 Å². The molecule has 0 bridgehead atoms. The van der Waals surface area contributed by atoms with Gasteiger partial charge in [-0.05, 0) is 23.5 Å². The molecule has 34 heavy (non-hydrogen) atoms. The van der Waals surface area contributed by atoms with E-state index < -0.39 is 35.7 Å². The summed E-state index contributed by atoms with van der Waals surface area (Å²) < 4.78 is 14.9. The van der Waals surface area contributed by atoms with Crippen molar-refractivity contribution < 1.29 is 19.1 Å². The van der Waals surface area contributed by atoms with Crippen molar-refractivity contribution in [3.05, 3.63) is 41.0 Å². The highest BCUT2D eigenvalue weighted by atomic mass is 32.1. The molecule has 1 fully saturated rings. The molecule has 1 aliphatic rings. The normalized spacial score (nSPS) is 21.7. The topological polar surface area (TPSA) is 94.6 Å². The van der Waals surface area contributed by atoms with Gasteiger partial charge >= 0.3 is 0 Å². The van der Waals surface area contributed by atoms with Gasteiger partial charge in [-0.25, -0.2) is 9.37 Å². The molecular weight excluding hydrogens is 455 g/mol. The molecule has 186 valence electrons. The van der Waals surface area contributed by atoms with E-state index in [0.717, 1.165) is 21.7 Å². The number of aliphatic hydroxyl groups excluding tert-OH is 1. The van der Waals surface area contributed by atoms with Crippen LogP contribution in [0, 0.1) is 12.3 Å². The zero-order valence-corrected chi connectivity index (χ0v) is 21.4. The standard InChI is InChI=1S/C25H35FN4O3S/c1-14(2)29-22(25(4,5)6)24(33)30-12-18(31)19(26)20(30)23(32)27-11-16-7-9-17(10-8-16)21-15(3)28-13-34-21/h7-10,13-14,18-20,22,29,31H,11-12H2,1-6H3,(H,27,32)/t18-,19?,20-,22+/m0/s1. The number of aryl methyl sites for hydroxylation is 1. The molecule has 4 atom stereocenters. The minimum atomic E-state index is -1.85. The summed E-state index contributed by atoms with van der Waals surface area (Å²) in [5.41, 5.74) is 4.20. The van der Waals surface area contributed by atoms with Crippen LogP contribution in [0.15, 0.2) is 29.8 Å². The number of halogens is 1. The first kappa shape index (κ1) is 26.2. The second-order valence-electron chi connectivity index (χ2n) is 10.2. The van der Waals surface area contributed by atoms with Gasteiger partial charge in [0.25, 0.3) is 0 Å². The number of rotatable bonds is 7. The quantitative estimate of drug-likeness (QED) is 0.555. The number of aromatic nitrogens is 1. The molecule has 7 nitrogen and oxygen atoms in total. The fourth-order valence-corrected chi connectivity index (χ4v) is 4.96. The Balaban J connectivity index is 1.71. The van der Waals surface area contributed by atoms with Crippen LogP contribution < -0.4 is 10.6 Å². The van der Waals surface area contributed by atoms with E-state index in [1.165, 1.54) is 4.90 Å². The number of hydrogen-bond acceptors (Lipinski definition) is 6. The predicted octanol–water partition coefficient (Wildman–Crippen LogP) is 3.06. The third-order valence-corrected chi connectivity index (χ3v) is 6.96. The number of nitrogens with one attached hydrogen (secondary N) is 2. The number of likely N-dealkylation sites (tertiary alicyclic amines) is 1. The van der Waals surface area contributed by atoms with Gasteiger partial charge in [0.1, 0.15) is 12.1 Å². The average Bonchev–Trinajstić information content (AvgIpc) is 3.32. The maximum atomic E-state index is 14.9. The van der Waals surface area contributed by atoms with Gasteiger partial charge in [0.15, 0.2) is 6.17 Å². The SMILES string of the molecule is Cc1ncsc1-c1ccc(CNC(=O)[C@@H]2C(F)[C@@H](O)CN2C(=O)[C@@H](NC(C)C)C(C)(C)C)cc1. The highest BCUT2D eigenvalue weighted by molar-refractivity contribution is 7.13. The van der Waals surface area contributed by atoms with Crippen molar-refractivity contribution in [1.29, 1.82) is 0 Å². The molecule has 2 amide bonds. The van der Waals surface area contributed by atoms with Crippen LogP contribution in [0.4, 0.5) is 4.39 Å². The van der Waals surface area contributed by atoms with Gasteiger partial charge in [0.2, 0.25) is 11.8 Å². The van der Waals surface area contributed by atoms with Crippen LogP contribution in [-0.4, -0.2) is 63.8 Å². The molecule has 2 aromatic rings. The second kappa shape index (κ2) is 10.5. The van der Waals surface area contributed by atoms with Gasteiger partial charge in [0.05, 0.1) is 28.7 Å². The number of aliphatic hydroxyl groups is 1. The van der Waals surface area contributed by atoms with Crippen LogP contribution in [-0.2, 0) is 16.1 Å². The van der Waals surface area contributed by atoms with Crippen molar-refractivity contribution in [1.82, 2.24) is 20.5 Å². The van der Waals surface area contributed by atoms with Crippen LogP contribution in [0.5, 0.6) is 0 Å². The molecule has 1 aromatic heterocycles. The number of β-amino-alcohol motifs (C(OH)–C–C–N with tert-alkyl or cyclic N) is 1. The molecule has 1 aromatic carbocycles. The molecule has 2 heterocycles. The lowest BCUT2D eigenvalue weighted by atomic mass is 9.85. The molecule has 0 saturated carbocycles. The molecule has 0 spiro atoms. The molecule has 0 radical (unpaired) electrons. The number of benzene rings is 1. The van der Waals surface area contributed by atoms with Gasteiger partial charge in [-0.3, -0.25) is 9.59 Å². The van der Waals surface area contributed by atoms with Crippen LogP contribution in [0.1, 0.15) is 45.9 Å². The molecular formula is C25H35FN4O3S. The van der Waals surface area contributed by atoms with E-state index in [1.54, 1.807) is 16.8 Å². The van der Waals surface area contributed by atoms with Crippen LogP contribution in [0.25, 0.3) is 10.4 Å². The van der Waals surface area contributed by atoms with E-state index >= 15 is 0 Å². The summed E-state index contributed by atoms with van der Waals surface area (Å²) >= 11 is 1.57. The summed E-state index contributed by atoms with van der Waals surface area (Å²) in [4.78, 5) is 32.9. The summed E-state index contributed by atoms with van der Waals surface area (Å²) in [5, 5.41) is 16.1. The molecule has 3 N–H and O–H groups in total. The summed E-state index contributed by atoms with van der Waals surface area (Å²) in [5.74, 6) is -0.998. The highest BCUT2D eigenvalue weighted by Crippen LogP contribution is 2.29. The Labute approximate surface area is 204 Å². The summed E-state index contributed by atoms with van der Waals surface area (Å²) in [6.07, 6.45) is -3.25. The number of nitrogens with zero attached hydrogens (tertiary/aromatic N) is 2. The van der Waals surface area contributed by atoms with Crippen molar-refractivity contribution in [2.24, 2.45) is 5.41 Å². The van der Waals surface area contributed by atoms with Crippen molar-refractivity contribution >= 4 is 23.2 Å². The van der Waals surface area contributed by atoms with Gasteiger partial charge in [-0.2, -0.15) is 0 Å². The lowest BCUT2D eigenvalue weighted by Gasteiger charge is -2.36.